The normalized spacial score (nSPS) is 12.1. The third-order valence-electron chi connectivity index (χ3n) is 4.79. The molecule has 0 radical (unpaired) electrons. The highest BCUT2D eigenvalue weighted by atomic mass is 32.1. The lowest BCUT2D eigenvalue weighted by Gasteiger charge is -2.18. The molecule has 1 unspecified atom stereocenters. The average molecular weight is 406 g/mol. The van der Waals surface area contributed by atoms with E-state index in [1.165, 1.54) is 23.9 Å². The van der Waals surface area contributed by atoms with Crippen LogP contribution in [0.4, 0.5) is 0 Å². The van der Waals surface area contributed by atoms with Gasteiger partial charge >= 0.3 is 5.69 Å². The summed E-state index contributed by atoms with van der Waals surface area (Å²) in [7, 11) is 2.94. The SMILES string of the molecule is Cn1c(=O)c2cc(C(=O)NC(c3ccccc3)c3cccs3)cnc2n(C)c1=O. The molecular formula is C21H18N4O3S. The second kappa shape index (κ2) is 7.48. The Bertz CT molecular complexity index is 1310. The van der Waals surface area contributed by atoms with E-state index >= 15 is 0 Å². The van der Waals surface area contributed by atoms with Gasteiger partial charge in [-0.1, -0.05) is 36.4 Å². The summed E-state index contributed by atoms with van der Waals surface area (Å²) in [6, 6.07) is 14.7. The van der Waals surface area contributed by atoms with Gasteiger partial charge < -0.3 is 5.32 Å². The minimum absolute atomic E-state index is 0.217. The van der Waals surface area contributed by atoms with Crippen LogP contribution in [0.15, 0.2) is 69.7 Å². The number of hydrogen-bond donors (Lipinski definition) is 1. The van der Waals surface area contributed by atoms with Crippen LogP contribution in [0.2, 0.25) is 0 Å². The zero-order chi connectivity index (χ0) is 20.5. The van der Waals surface area contributed by atoms with Gasteiger partial charge in [0, 0.05) is 25.2 Å². The summed E-state index contributed by atoms with van der Waals surface area (Å²) in [5.74, 6) is -0.349. The summed E-state index contributed by atoms with van der Waals surface area (Å²) >= 11 is 1.55. The van der Waals surface area contributed by atoms with Crippen LogP contribution in [-0.2, 0) is 14.1 Å². The van der Waals surface area contributed by atoms with Crippen molar-refractivity contribution in [2.45, 2.75) is 6.04 Å². The fourth-order valence-corrected chi connectivity index (χ4v) is 4.03. The second-order valence-corrected chi connectivity index (χ2v) is 7.61. The first kappa shape index (κ1) is 18.8. The molecule has 3 heterocycles. The summed E-state index contributed by atoms with van der Waals surface area (Å²) in [6.07, 6.45) is 1.38. The van der Waals surface area contributed by atoms with Crippen LogP contribution in [0.3, 0.4) is 0 Å². The molecule has 0 saturated heterocycles. The molecule has 8 heteroatoms. The molecular weight excluding hydrogens is 388 g/mol. The predicted octanol–water partition coefficient (Wildman–Crippen LogP) is 2.21. The minimum Gasteiger partial charge on any atom is -0.340 e. The number of thiophene rings is 1. The molecule has 0 aliphatic heterocycles. The lowest BCUT2D eigenvalue weighted by atomic mass is 10.0. The van der Waals surface area contributed by atoms with Crippen molar-refractivity contribution >= 4 is 28.3 Å². The highest BCUT2D eigenvalue weighted by Gasteiger charge is 2.20. The van der Waals surface area contributed by atoms with E-state index in [1.807, 2.05) is 47.8 Å². The third-order valence-corrected chi connectivity index (χ3v) is 5.73. The Hall–Kier alpha value is -3.52. The van der Waals surface area contributed by atoms with E-state index in [-0.39, 0.29) is 28.5 Å². The molecule has 7 nitrogen and oxygen atoms in total. The van der Waals surface area contributed by atoms with Crippen molar-refractivity contribution in [2.75, 3.05) is 0 Å². The van der Waals surface area contributed by atoms with Crippen molar-refractivity contribution in [1.82, 2.24) is 19.4 Å². The molecule has 146 valence electrons. The van der Waals surface area contributed by atoms with E-state index in [0.29, 0.717) is 0 Å². The largest absolute Gasteiger partial charge is 0.340 e. The quantitative estimate of drug-likeness (QED) is 0.563. The molecule has 0 spiro atoms. The Kier molecular flexibility index (Phi) is 4.85. The van der Waals surface area contributed by atoms with Gasteiger partial charge in [0.25, 0.3) is 11.5 Å². The van der Waals surface area contributed by atoms with Crippen LogP contribution in [0.25, 0.3) is 11.0 Å². The minimum atomic E-state index is -0.483. The Labute approximate surface area is 169 Å². The van der Waals surface area contributed by atoms with Gasteiger partial charge in [0.2, 0.25) is 0 Å². The number of pyridine rings is 1. The molecule has 0 fully saturated rings. The molecule has 0 aliphatic carbocycles. The number of carbonyl (C=O) groups excluding carboxylic acids is 1. The van der Waals surface area contributed by atoms with Crippen molar-refractivity contribution in [1.29, 1.82) is 0 Å². The van der Waals surface area contributed by atoms with E-state index in [2.05, 4.69) is 10.3 Å². The number of fused-ring (bicyclic) bond motifs is 1. The number of nitrogens with one attached hydrogen (secondary N) is 1. The standard InChI is InChI=1S/C21H18N4O3S/c1-24-18-15(20(27)25(2)21(24)28)11-14(12-22-18)19(26)23-17(16-9-6-10-29-16)13-7-4-3-5-8-13/h3-12,17H,1-2H3,(H,23,26). The molecule has 1 amide bonds. The molecule has 3 aromatic heterocycles. The van der Waals surface area contributed by atoms with Gasteiger partial charge in [-0.05, 0) is 23.1 Å². The molecule has 1 N–H and O–H groups in total. The van der Waals surface area contributed by atoms with Gasteiger partial charge in [0.05, 0.1) is 17.0 Å². The van der Waals surface area contributed by atoms with Crippen LogP contribution in [-0.4, -0.2) is 20.0 Å². The number of nitrogens with zero attached hydrogens (tertiary/aromatic N) is 3. The summed E-state index contributed by atoms with van der Waals surface area (Å²) in [5.41, 5.74) is 0.505. The lowest BCUT2D eigenvalue weighted by Crippen LogP contribution is -2.37. The summed E-state index contributed by atoms with van der Waals surface area (Å²) in [5, 5.41) is 5.21. The van der Waals surface area contributed by atoms with Crippen molar-refractivity contribution in [3.8, 4) is 0 Å². The number of aromatic nitrogens is 3. The molecule has 29 heavy (non-hydrogen) atoms. The van der Waals surface area contributed by atoms with E-state index < -0.39 is 11.2 Å². The maximum atomic E-state index is 13.0. The Morgan fingerprint density at radius 2 is 1.83 bits per heavy atom. The highest BCUT2D eigenvalue weighted by molar-refractivity contribution is 7.10. The van der Waals surface area contributed by atoms with E-state index in [0.717, 1.165) is 15.0 Å². The number of rotatable bonds is 4. The van der Waals surface area contributed by atoms with E-state index in [4.69, 9.17) is 0 Å². The molecule has 0 saturated carbocycles. The predicted molar refractivity (Wildman–Crippen MR) is 112 cm³/mol. The number of benzene rings is 1. The highest BCUT2D eigenvalue weighted by Crippen LogP contribution is 2.26. The van der Waals surface area contributed by atoms with Crippen LogP contribution < -0.4 is 16.6 Å². The van der Waals surface area contributed by atoms with Gasteiger partial charge in [-0.2, -0.15) is 0 Å². The van der Waals surface area contributed by atoms with Gasteiger partial charge in [0.15, 0.2) is 0 Å². The molecule has 4 aromatic rings. The fraction of sp³-hybridized carbons (Fsp3) is 0.143. The number of aryl methyl sites for hydroxylation is 1. The Morgan fingerprint density at radius 3 is 2.52 bits per heavy atom. The third kappa shape index (κ3) is 3.38. The average Bonchev–Trinajstić information content (AvgIpc) is 3.29. The summed E-state index contributed by atoms with van der Waals surface area (Å²) in [4.78, 5) is 42.7. The fourth-order valence-electron chi connectivity index (χ4n) is 3.22. The zero-order valence-corrected chi connectivity index (χ0v) is 16.6. The maximum Gasteiger partial charge on any atom is 0.332 e. The number of carbonyl (C=O) groups is 1. The molecule has 1 aromatic carbocycles. The number of hydrogen-bond acceptors (Lipinski definition) is 5. The van der Waals surface area contributed by atoms with Gasteiger partial charge in [-0.3, -0.25) is 18.7 Å². The second-order valence-electron chi connectivity index (χ2n) is 6.63. The van der Waals surface area contributed by atoms with Gasteiger partial charge in [-0.25, -0.2) is 9.78 Å². The summed E-state index contributed by atoms with van der Waals surface area (Å²) in [6.45, 7) is 0. The van der Waals surface area contributed by atoms with E-state index in [1.54, 1.807) is 18.4 Å². The first-order valence-electron chi connectivity index (χ1n) is 8.92. The number of amides is 1. The molecule has 1 atom stereocenters. The first-order valence-corrected chi connectivity index (χ1v) is 9.80. The summed E-state index contributed by atoms with van der Waals surface area (Å²) < 4.78 is 2.29. The van der Waals surface area contributed by atoms with Crippen LogP contribution in [0.1, 0.15) is 26.8 Å². The van der Waals surface area contributed by atoms with Crippen LogP contribution in [0.5, 0.6) is 0 Å². The van der Waals surface area contributed by atoms with Gasteiger partial charge in [0.1, 0.15) is 5.65 Å². The molecule has 0 bridgehead atoms. The van der Waals surface area contributed by atoms with Gasteiger partial charge in [-0.15, -0.1) is 11.3 Å². The van der Waals surface area contributed by atoms with Crippen molar-refractivity contribution in [2.24, 2.45) is 14.1 Å². The topological polar surface area (TPSA) is 86.0 Å². The van der Waals surface area contributed by atoms with E-state index in [9.17, 15) is 14.4 Å². The van der Waals surface area contributed by atoms with Crippen LogP contribution in [0, 0.1) is 0 Å². The Morgan fingerprint density at radius 1 is 1.07 bits per heavy atom. The molecule has 0 aliphatic rings. The maximum absolute atomic E-state index is 13.0. The van der Waals surface area contributed by atoms with Crippen molar-refractivity contribution in [3.63, 3.8) is 0 Å². The lowest BCUT2D eigenvalue weighted by molar-refractivity contribution is 0.0943. The Balaban J connectivity index is 1.75. The molecule has 4 rings (SSSR count). The first-order chi connectivity index (χ1) is 14.0. The monoisotopic (exact) mass is 406 g/mol. The van der Waals surface area contributed by atoms with Crippen molar-refractivity contribution < 1.29 is 4.79 Å². The smallest absolute Gasteiger partial charge is 0.332 e. The van der Waals surface area contributed by atoms with Crippen molar-refractivity contribution in [3.05, 3.63) is 96.9 Å². The van der Waals surface area contributed by atoms with Crippen LogP contribution >= 0.6 is 11.3 Å². The zero-order valence-electron chi connectivity index (χ0n) is 15.8.